The lowest BCUT2D eigenvalue weighted by Gasteiger charge is -2.43. The Bertz CT molecular complexity index is 147. The summed E-state index contributed by atoms with van der Waals surface area (Å²) in [5, 5.41) is 0. The molecular weight excluding hydrogens is 147 g/mol. The van der Waals surface area contributed by atoms with E-state index in [9.17, 15) is 0 Å². The average molecular weight is 166 g/mol. The van der Waals surface area contributed by atoms with Crippen LogP contribution in [0.3, 0.4) is 0 Å². The van der Waals surface area contributed by atoms with Gasteiger partial charge in [0.1, 0.15) is 0 Å². The van der Waals surface area contributed by atoms with Crippen molar-refractivity contribution in [1.29, 1.82) is 0 Å². The predicted octanol–water partition coefficient (Wildman–Crippen LogP) is -0.192. The van der Waals surface area contributed by atoms with Crippen molar-refractivity contribution in [3.05, 3.63) is 0 Å². The summed E-state index contributed by atoms with van der Waals surface area (Å²) in [5.74, 6) is 2.00. The van der Waals surface area contributed by atoms with Crippen LogP contribution in [0.4, 0.5) is 0 Å². The lowest BCUT2D eigenvalue weighted by atomic mass is 9.79. The minimum atomic E-state index is 0.961. The molecule has 2 aliphatic rings. The van der Waals surface area contributed by atoms with E-state index in [4.69, 9.17) is 0 Å². The third-order valence-corrected chi connectivity index (χ3v) is 3.52. The van der Waals surface area contributed by atoms with E-state index in [0.29, 0.717) is 0 Å². The molecule has 2 fully saturated rings. The molecule has 2 saturated heterocycles. The third-order valence-electron chi connectivity index (χ3n) is 3.52. The number of piperidine rings is 2. The summed E-state index contributed by atoms with van der Waals surface area (Å²) in [6.07, 6.45) is 2.88. The maximum atomic E-state index is 2.49. The van der Waals surface area contributed by atoms with E-state index < -0.39 is 0 Å². The molecule has 0 aromatic carbocycles. The first-order valence-electron chi connectivity index (χ1n) is 5.13. The van der Waals surface area contributed by atoms with Gasteiger partial charge in [0.25, 0.3) is 0 Å². The zero-order valence-electron chi connectivity index (χ0n) is 8.29. The molecule has 2 aliphatic heterocycles. The zero-order valence-corrected chi connectivity index (χ0v) is 8.29. The highest BCUT2D eigenvalue weighted by atomic mass is 15.1. The standard InChI is InChI=1S/C9H19BN2/c1-11-4-2-8-3-5-12(10)7-9(8)6-11/h8-9H,2-7,10H2,1H3. The Morgan fingerprint density at radius 1 is 1.08 bits per heavy atom. The molecule has 12 heavy (non-hydrogen) atoms. The van der Waals surface area contributed by atoms with Crippen LogP contribution in [0, 0.1) is 11.8 Å². The molecule has 0 amide bonds. The van der Waals surface area contributed by atoms with Crippen molar-refractivity contribution in [1.82, 2.24) is 9.71 Å². The van der Waals surface area contributed by atoms with Crippen LogP contribution in [0.15, 0.2) is 0 Å². The number of fused-ring (bicyclic) bond motifs is 1. The lowest BCUT2D eigenvalue weighted by Crippen LogP contribution is -2.48. The normalized spacial score (nSPS) is 39.4. The molecule has 2 nitrogen and oxygen atoms in total. The number of rotatable bonds is 0. The molecule has 0 aromatic heterocycles. The van der Waals surface area contributed by atoms with Crippen molar-refractivity contribution in [2.24, 2.45) is 11.8 Å². The highest BCUT2D eigenvalue weighted by Crippen LogP contribution is 2.29. The van der Waals surface area contributed by atoms with E-state index in [0.717, 1.165) is 11.8 Å². The van der Waals surface area contributed by atoms with Crippen molar-refractivity contribution in [2.75, 3.05) is 33.2 Å². The monoisotopic (exact) mass is 166 g/mol. The largest absolute Gasteiger partial charge is 0.348 e. The van der Waals surface area contributed by atoms with Gasteiger partial charge in [-0.05, 0) is 51.4 Å². The Hall–Kier alpha value is -0.0151. The zero-order chi connectivity index (χ0) is 8.55. The van der Waals surface area contributed by atoms with E-state index in [-0.39, 0.29) is 0 Å². The summed E-state index contributed by atoms with van der Waals surface area (Å²) >= 11 is 0. The number of nitrogens with zero attached hydrogens (tertiary/aromatic N) is 2. The van der Waals surface area contributed by atoms with Gasteiger partial charge in [-0.2, -0.15) is 0 Å². The topological polar surface area (TPSA) is 6.48 Å². The van der Waals surface area contributed by atoms with E-state index in [2.05, 4.69) is 24.7 Å². The van der Waals surface area contributed by atoms with Gasteiger partial charge in [0.15, 0.2) is 7.98 Å². The Balaban J connectivity index is 1.94. The van der Waals surface area contributed by atoms with Crippen LogP contribution in [0.5, 0.6) is 0 Å². The second kappa shape index (κ2) is 3.39. The summed E-state index contributed by atoms with van der Waals surface area (Å²) in [4.78, 5) is 4.97. The van der Waals surface area contributed by atoms with Crippen LogP contribution in [0.2, 0.25) is 0 Å². The molecule has 0 aliphatic carbocycles. The van der Waals surface area contributed by atoms with Crippen LogP contribution >= 0.6 is 0 Å². The van der Waals surface area contributed by atoms with Gasteiger partial charge in [0.05, 0.1) is 0 Å². The molecule has 0 radical (unpaired) electrons. The molecule has 2 unspecified atom stereocenters. The van der Waals surface area contributed by atoms with Crippen LogP contribution in [-0.4, -0.2) is 50.9 Å². The summed E-state index contributed by atoms with van der Waals surface area (Å²) in [5.41, 5.74) is 0. The van der Waals surface area contributed by atoms with Crippen molar-refractivity contribution in [2.45, 2.75) is 12.8 Å². The lowest BCUT2D eigenvalue weighted by molar-refractivity contribution is 0.0862. The summed E-state index contributed by atoms with van der Waals surface area (Å²) in [6, 6.07) is 0. The van der Waals surface area contributed by atoms with Crippen molar-refractivity contribution in [3.63, 3.8) is 0 Å². The minimum Gasteiger partial charge on any atom is -0.348 e. The molecule has 2 heterocycles. The smallest absolute Gasteiger partial charge is 0.185 e. The van der Waals surface area contributed by atoms with E-state index in [1.165, 1.54) is 39.0 Å². The molecule has 0 bridgehead atoms. The van der Waals surface area contributed by atoms with E-state index in [1.807, 2.05) is 0 Å². The van der Waals surface area contributed by atoms with Crippen molar-refractivity contribution < 1.29 is 0 Å². The Kier molecular flexibility index (Phi) is 2.42. The first-order chi connectivity index (χ1) is 5.75. The molecule has 0 N–H and O–H groups in total. The fourth-order valence-corrected chi connectivity index (χ4v) is 2.73. The molecule has 0 spiro atoms. The van der Waals surface area contributed by atoms with Crippen LogP contribution in [0.25, 0.3) is 0 Å². The van der Waals surface area contributed by atoms with Crippen molar-refractivity contribution >= 4 is 7.98 Å². The van der Waals surface area contributed by atoms with E-state index in [1.54, 1.807) is 0 Å². The van der Waals surface area contributed by atoms with Gasteiger partial charge in [-0.25, -0.2) is 0 Å². The highest BCUT2D eigenvalue weighted by Gasteiger charge is 2.31. The van der Waals surface area contributed by atoms with Gasteiger partial charge >= 0.3 is 0 Å². The molecule has 0 aromatic rings. The number of hydrogen-bond donors (Lipinski definition) is 0. The van der Waals surface area contributed by atoms with Crippen LogP contribution in [-0.2, 0) is 0 Å². The summed E-state index contributed by atoms with van der Waals surface area (Å²) in [6.45, 7) is 5.31. The third kappa shape index (κ3) is 1.67. The second-order valence-electron chi connectivity index (χ2n) is 4.62. The molecule has 2 atom stereocenters. The van der Waals surface area contributed by atoms with Gasteiger partial charge in [-0.15, -0.1) is 0 Å². The van der Waals surface area contributed by atoms with Gasteiger partial charge in [-0.1, -0.05) is 0 Å². The van der Waals surface area contributed by atoms with Gasteiger partial charge in [0.2, 0.25) is 0 Å². The second-order valence-corrected chi connectivity index (χ2v) is 4.62. The molecule has 68 valence electrons. The van der Waals surface area contributed by atoms with Crippen molar-refractivity contribution in [3.8, 4) is 0 Å². The SMILES string of the molecule is BN1CCC2CCN(C)CC2C1. The summed E-state index contributed by atoms with van der Waals surface area (Å²) < 4.78 is 0. The maximum absolute atomic E-state index is 2.49. The summed E-state index contributed by atoms with van der Waals surface area (Å²) in [7, 11) is 4.51. The Morgan fingerprint density at radius 3 is 2.67 bits per heavy atom. The Morgan fingerprint density at radius 2 is 1.83 bits per heavy atom. The minimum absolute atomic E-state index is 0.961. The first-order valence-corrected chi connectivity index (χ1v) is 5.13. The van der Waals surface area contributed by atoms with Gasteiger partial charge in [0, 0.05) is 6.54 Å². The first kappa shape index (κ1) is 8.58. The van der Waals surface area contributed by atoms with E-state index >= 15 is 0 Å². The van der Waals surface area contributed by atoms with Crippen LogP contribution < -0.4 is 0 Å². The predicted molar refractivity (Wildman–Crippen MR) is 53.8 cm³/mol. The average Bonchev–Trinajstić information content (AvgIpc) is 2.03. The molecule has 3 heteroatoms. The fourth-order valence-electron chi connectivity index (χ4n) is 2.73. The maximum Gasteiger partial charge on any atom is 0.185 e. The quantitative estimate of drug-likeness (QED) is 0.460. The van der Waals surface area contributed by atoms with Gasteiger partial charge in [-0.3, -0.25) is 0 Å². The fraction of sp³-hybridized carbons (Fsp3) is 1.00. The molecule has 2 rings (SSSR count). The number of hydrogen-bond acceptors (Lipinski definition) is 2. The Labute approximate surface area is 76.3 Å². The number of likely N-dealkylation sites (tertiary alicyclic amines) is 1. The van der Waals surface area contributed by atoms with Gasteiger partial charge < -0.3 is 9.71 Å². The molecular formula is C9H19BN2. The highest BCUT2D eigenvalue weighted by molar-refractivity contribution is 6.04. The van der Waals surface area contributed by atoms with Crippen LogP contribution in [0.1, 0.15) is 12.8 Å². The molecule has 0 saturated carbocycles.